The van der Waals surface area contributed by atoms with Crippen molar-refractivity contribution in [3.63, 3.8) is 0 Å². The number of rotatable bonds is 15. The van der Waals surface area contributed by atoms with Gasteiger partial charge >= 0.3 is 0 Å². The molecule has 1 rings (SSSR count). The molecule has 0 unspecified atom stereocenters. The van der Waals surface area contributed by atoms with Crippen molar-refractivity contribution in [3.05, 3.63) is 82.5 Å². The summed E-state index contributed by atoms with van der Waals surface area (Å²) < 4.78 is 0. The summed E-state index contributed by atoms with van der Waals surface area (Å²) in [5, 5.41) is 4.24. The van der Waals surface area contributed by atoms with Crippen molar-refractivity contribution in [2.75, 3.05) is 0 Å². The zero-order chi connectivity index (χ0) is 23.6. The third kappa shape index (κ3) is 15.5. The Hall–Kier alpha value is -2.35. The molecule has 2 nitrogen and oxygen atoms in total. The molecule has 1 aromatic rings. The third-order valence-corrected chi connectivity index (χ3v) is 5.45. The Bertz CT molecular complexity index is 789. The molecule has 32 heavy (non-hydrogen) atoms. The fraction of sp³-hybridized carbons (Fsp3) is 0.500. The molecule has 0 radical (unpaired) electrons. The van der Waals surface area contributed by atoms with E-state index in [-0.39, 0.29) is 0 Å². The summed E-state index contributed by atoms with van der Waals surface area (Å²) in [5.74, 6) is 0. The van der Waals surface area contributed by atoms with Gasteiger partial charge in [0.05, 0.1) is 5.71 Å². The molecule has 0 aliphatic carbocycles. The Balaban J connectivity index is 2.20. The van der Waals surface area contributed by atoms with Gasteiger partial charge in [0.1, 0.15) is 6.61 Å². The summed E-state index contributed by atoms with van der Waals surface area (Å²) in [6, 6.07) is 10.2. The Kier molecular flexibility index (Phi) is 14.9. The molecule has 0 atom stereocenters. The topological polar surface area (TPSA) is 21.6 Å². The molecule has 0 aliphatic heterocycles. The first-order valence-corrected chi connectivity index (χ1v) is 12.2. The van der Waals surface area contributed by atoms with E-state index >= 15 is 0 Å². The van der Waals surface area contributed by atoms with E-state index < -0.39 is 0 Å². The maximum Gasteiger partial charge on any atom is 0.142 e. The number of allylic oxidation sites excluding steroid dienone is 8. The predicted octanol–water partition coefficient (Wildman–Crippen LogP) is 9.50. The van der Waals surface area contributed by atoms with Gasteiger partial charge < -0.3 is 4.84 Å². The lowest BCUT2D eigenvalue weighted by molar-refractivity contribution is 0.129. The third-order valence-electron chi connectivity index (χ3n) is 5.45. The number of nitrogens with zero attached hydrogens (tertiary/aromatic N) is 1. The molecule has 0 spiro atoms. The van der Waals surface area contributed by atoms with Gasteiger partial charge in [0.2, 0.25) is 0 Å². The van der Waals surface area contributed by atoms with Gasteiger partial charge in [-0.2, -0.15) is 0 Å². The second kappa shape index (κ2) is 17.2. The summed E-state index contributed by atoms with van der Waals surface area (Å²) in [7, 11) is 0. The van der Waals surface area contributed by atoms with E-state index in [2.05, 4.69) is 76.2 Å². The van der Waals surface area contributed by atoms with Crippen LogP contribution in [-0.2, 0) is 11.4 Å². The molecule has 0 saturated heterocycles. The quantitative estimate of drug-likeness (QED) is 0.153. The minimum atomic E-state index is 0.532. The standard InChI is InChI=1S/C30H45NO/c1-25(2)14-10-15-26(3)16-11-17-27(4)18-12-19-28(5)20-13-21-29(6)31-32-24-30-22-8-7-9-23-30/h7-9,14,16,18,20,22-23H,10-13,15,17,19,21,24H2,1-6H3. The average molecular weight is 436 g/mol. The van der Waals surface area contributed by atoms with Gasteiger partial charge in [0, 0.05) is 0 Å². The van der Waals surface area contributed by atoms with Crippen LogP contribution in [-0.4, -0.2) is 5.71 Å². The first kappa shape index (κ1) is 27.7. The van der Waals surface area contributed by atoms with Gasteiger partial charge in [-0.15, -0.1) is 0 Å². The van der Waals surface area contributed by atoms with E-state index in [4.69, 9.17) is 4.84 Å². The maximum atomic E-state index is 5.46. The molecule has 2 heteroatoms. The van der Waals surface area contributed by atoms with Crippen LogP contribution in [0.3, 0.4) is 0 Å². The van der Waals surface area contributed by atoms with Gasteiger partial charge in [-0.05, 0) is 98.5 Å². The van der Waals surface area contributed by atoms with Gasteiger partial charge in [-0.25, -0.2) is 0 Å². The Morgan fingerprint density at radius 3 is 1.62 bits per heavy atom. The smallest absolute Gasteiger partial charge is 0.142 e. The molecule has 0 bridgehead atoms. The zero-order valence-corrected chi connectivity index (χ0v) is 21.4. The zero-order valence-electron chi connectivity index (χ0n) is 21.4. The lowest BCUT2D eigenvalue weighted by Crippen LogP contribution is -1.94. The van der Waals surface area contributed by atoms with Crippen LogP contribution < -0.4 is 0 Å². The molecule has 0 aliphatic rings. The molecule has 0 fully saturated rings. The van der Waals surface area contributed by atoms with Crippen LogP contribution in [0.4, 0.5) is 0 Å². The fourth-order valence-corrected chi connectivity index (χ4v) is 3.35. The Morgan fingerprint density at radius 2 is 1.12 bits per heavy atom. The van der Waals surface area contributed by atoms with Crippen molar-refractivity contribution in [2.24, 2.45) is 5.16 Å². The molecule has 0 amide bonds. The molecule has 176 valence electrons. The molecule has 0 saturated carbocycles. The van der Waals surface area contributed by atoms with Crippen LogP contribution in [0.2, 0.25) is 0 Å². The van der Waals surface area contributed by atoms with E-state index in [1.54, 1.807) is 0 Å². The van der Waals surface area contributed by atoms with E-state index in [1.807, 2.05) is 25.1 Å². The highest BCUT2D eigenvalue weighted by molar-refractivity contribution is 5.81. The van der Waals surface area contributed by atoms with Crippen molar-refractivity contribution in [1.29, 1.82) is 0 Å². The first-order chi connectivity index (χ1) is 15.4. The van der Waals surface area contributed by atoms with Crippen LogP contribution in [0, 0.1) is 0 Å². The highest BCUT2D eigenvalue weighted by Crippen LogP contribution is 2.14. The summed E-state index contributed by atoms with van der Waals surface area (Å²) in [6.45, 7) is 13.7. The van der Waals surface area contributed by atoms with Crippen molar-refractivity contribution >= 4 is 5.71 Å². The van der Waals surface area contributed by atoms with Crippen LogP contribution in [0.15, 0.2) is 82.1 Å². The highest BCUT2D eigenvalue weighted by atomic mass is 16.6. The minimum Gasteiger partial charge on any atom is -0.391 e. The molecular weight excluding hydrogens is 390 g/mol. The second-order valence-electron chi connectivity index (χ2n) is 9.17. The summed E-state index contributed by atoms with van der Waals surface area (Å²) in [6.07, 6.45) is 18.4. The SMILES string of the molecule is CC(C)=CCCC(C)=CCCC(C)=CCCC(C)=CCCC(C)=NOCc1ccccc1. The number of hydrogen-bond donors (Lipinski definition) is 0. The predicted molar refractivity (Wildman–Crippen MR) is 142 cm³/mol. The largest absolute Gasteiger partial charge is 0.391 e. The van der Waals surface area contributed by atoms with Gasteiger partial charge in [0.15, 0.2) is 0 Å². The number of hydrogen-bond acceptors (Lipinski definition) is 2. The molecular formula is C30H45NO. The average Bonchev–Trinajstić information content (AvgIpc) is 2.74. The van der Waals surface area contributed by atoms with Crippen LogP contribution in [0.5, 0.6) is 0 Å². The maximum absolute atomic E-state index is 5.46. The normalized spacial score (nSPS) is 13.3. The van der Waals surface area contributed by atoms with E-state index in [1.165, 1.54) is 35.1 Å². The molecule has 0 aromatic heterocycles. The van der Waals surface area contributed by atoms with Crippen LogP contribution in [0.1, 0.15) is 98.5 Å². The Labute approximate surface area is 197 Å². The molecule has 0 heterocycles. The van der Waals surface area contributed by atoms with Crippen LogP contribution in [0.25, 0.3) is 0 Å². The summed E-state index contributed by atoms with van der Waals surface area (Å²) in [4.78, 5) is 5.46. The first-order valence-electron chi connectivity index (χ1n) is 12.2. The molecule has 1 aromatic carbocycles. The lowest BCUT2D eigenvalue weighted by Gasteiger charge is -2.03. The van der Waals surface area contributed by atoms with Crippen molar-refractivity contribution in [2.45, 2.75) is 99.5 Å². The number of benzene rings is 1. The lowest BCUT2D eigenvalue weighted by atomic mass is 10.0. The summed E-state index contributed by atoms with van der Waals surface area (Å²) in [5.41, 5.74) is 8.08. The summed E-state index contributed by atoms with van der Waals surface area (Å²) >= 11 is 0. The number of oxime groups is 1. The minimum absolute atomic E-state index is 0.532. The van der Waals surface area contributed by atoms with Gasteiger partial charge in [0.25, 0.3) is 0 Å². The second-order valence-corrected chi connectivity index (χ2v) is 9.17. The van der Waals surface area contributed by atoms with Crippen molar-refractivity contribution < 1.29 is 4.84 Å². The van der Waals surface area contributed by atoms with E-state index in [9.17, 15) is 0 Å². The highest BCUT2D eigenvalue weighted by Gasteiger charge is 1.96. The molecule has 0 N–H and O–H groups in total. The van der Waals surface area contributed by atoms with E-state index in [0.29, 0.717) is 6.61 Å². The van der Waals surface area contributed by atoms with Crippen molar-refractivity contribution in [1.82, 2.24) is 0 Å². The Morgan fingerprint density at radius 1 is 0.656 bits per heavy atom. The fourth-order valence-electron chi connectivity index (χ4n) is 3.35. The van der Waals surface area contributed by atoms with Crippen molar-refractivity contribution in [3.8, 4) is 0 Å². The van der Waals surface area contributed by atoms with Crippen LogP contribution >= 0.6 is 0 Å². The van der Waals surface area contributed by atoms with Gasteiger partial charge in [-0.1, -0.05) is 82.1 Å². The van der Waals surface area contributed by atoms with Gasteiger partial charge in [-0.3, -0.25) is 0 Å². The van der Waals surface area contributed by atoms with E-state index in [0.717, 1.165) is 49.8 Å². The monoisotopic (exact) mass is 435 g/mol.